The number of nitrogen functional groups attached to an aromatic ring is 1. The van der Waals surface area contributed by atoms with Gasteiger partial charge >= 0.3 is 0 Å². The number of nitrogens with zero attached hydrogens (tertiary/aromatic N) is 1. The maximum atomic E-state index is 12.2. The Morgan fingerprint density at radius 3 is 2.70 bits per heavy atom. The number of benzene rings is 1. The number of rotatable bonds is 4. The fourth-order valence-corrected chi connectivity index (χ4v) is 4.01. The molecule has 1 heterocycles. The SMILES string of the molecule is CCc1ccc(S(=O)(=O)Nc2ccc(N)cc2C#N)s1. The van der Waals surface area contributed by atoms with E-state index < -0.39 is 10.0 Å². The lowest BCUT2D eigenvalue weighted by atomic mass is 10.2. The van der Waals surface area contributed by atoms with Gasteiger partial charge in [0.15, 0.2) is 0 Å². The van der Waals surface area contributed by atoms with Gasteiger partial charge in [-0.2, -0.15) is 5.26 Å². The summed E-state index contributed by atoms with van der Waals surface area (Å²) >= 11 is 1.22. The van der Waals surface area contributed by atoms with Crippen LogP contribution in [0.2, 0.25) is 0 Å². The molecule has 20 heavy (non-hydrogen) atoms. The Morgan fingerprint density at radius 1 is 1.35 bits per heavy atom. The molecule has 0 aliphatic heterocycles. The summed E-state index contributed by atoms with van der Waals surface area (Å²) in [4.78, 5) is 0.989. The second-order valence-electron chi connectivity index (χ2n) is 4.10. The van der Waals surface area contributed by atoms with Gasteiger partial charge in [-0.15, -0.1) is 11.3 Å². The molecular formula is C13H13N3O2S2. The molecule has 0 bridgehead atoms. The van der Waals surface area contributed by atoms with E-state index in [0.29, 0.717) is 5.69 Å². The molecule has 0 aliphatic carbocycles. The highest BCUT2D eigenvalue weighted by atomic mass is 32.2. The maximum absolute atomic E-state index is 12.2. The van der Waals surface area contributed by atoms with Crippen molar-refractivity contribution < 1.29 is 8.42 Å². The summed E-state index contributed by atoms with van der Waals surface area (Å²) in [6.45, 7) is 1.96. The van der Waals surface area contributed by atoms with Crippen LogP contribution >= 0.6 is 11.3 Å². The molecule has 1 aromatic carbocycles. The first-order valence-electron chi connectivity index (χ1n) is 5.87. The van der Waals surface area contributed by atoms with Crippen molar-refractivity contribution in [3.8, 4) is 6.07 Å². The predicted octanol–water partition coefficient (Wildman–Crippen LogP) is 2.57. The molecule has 0 aliphatic rings. The molecule has 2 rings (SSSR count). The molecule has 0 fully saturated rings. The maximum Gasteiger partial charge on any atom is 0.271 e. The number of thiophene rings is 1. The average Bonchev–Trinajstić information content (AvgIpc) is 2.90. The van der Waals surface area contributed by atoms with Gasteiger partial charge in [0.05, 0.1) is 11.3 Å². The fourth-order valence-electron chi connectivity index (χ4n) is 1.63. The van der Waals surface area contributed by atoms with Crippen molar-refractivity contribution >= 4 is 32.7 Å². The highest BCUT2D eigenvalue weighted by Crippen LogP contribution is 2.26. The zero-order valence-electron chi connectivity index (χ0n) is 10.8. The Bertz CT molecular complexity index is 773. The molecular weight excluding hydrogens is 294 g/mol. The number of anilines is 2. The number of nitrogens with one attached hydrogen (secondary N) is 1. The van der Waals surface area contributed by atoms with Gasteiger partial charge < -0.3 is 5.73 Å². The Kier molecular flexibility index (Phi) is 3.97. The van der Waals surface area contributed by atoms with E-state index in [1.165, 1.54) is 23.5 Å². The van der Waals surface area contributed by atoms with Gasteiger partial charge in [0.2, 0.25) is 0 Å². The van der Waals surface area contributed by atoms with E-state index in [4.69, 9.17) is 11.0 Å². The van der Waals surface area contributed by atoms with Crippen LogP contribution in [-0.2, 0) is 16.4 Å². The van der Waals surface area contributed by atoms with Crippen LogP contribution in [-0.4, -0.2) is 8.42 Å². The van der Waals surface area contributed by atoms with E-state index in [1.807, 2.05) is 13.0 Å². The molecule has 0 spiro atoms. The number of nitriles is 1. The third-order valence-electron chi connectivity index (χ3n) is 2.66. The third-order valence-corrected chi connectivity index (χ3v) is 5.75. The van der Waals surface area contributed by atoms with Gasteiger partial charge in [0.1, 0.15) is 10.3 Å². The zero-order valence-corrected chi connectivity index (χ0v) is 12.4. The zero-order chi connectivity index (χ0) is 14.8. The summed E-state index contributed by atoms with van der Waals surface area (Å²) in [6.07, 6.45) is 0.783. The van der Waals surface area contributed by atoms with Gasteiger partial charge in [0, 0.05) is 10.6 Å². The molecule has 5 nitrogen and oxygen atoms in total. The van der Waals surface area contributed by atoms with Crippen molar-refractivity contribution in [3.63, 3.8) is 0 Å². The van der Waals surface area contributed by atoms with E-state index in [-0.39, 0.29) is 15.5 Å². The van der Waals surface area contributed by atoms with Crippen LogP contribution < -0.4 is 10.5 Å². The molecule has 0 atom stereocenters. The van der Waals surface area contributed by atoms with Crippen LogP contribution in [0, 0.1) is 11.3 Å². The number of nitrogens with two attached hydrogens (primary N) is 1. The normalized spacial score (nSPS) is 11.0. The lowest BCUT2D eigenvalue weighted by Gasteiger charge is -2.08. The minimum absolute atomic E-state index is 0.195. The van der Waals surface area contributed by atoms with Crippen LogP contribution in [0.5, 0.6) is 0 Å². The van der Waals surface area contributed by atoms with Crippen molar-refractivity contribution in [1.82, 2.24) is 0 Å². The van der Waals surface area contributed by atoms with Crippen molar-refractivity contribution in [2.75, 3.05) is 10.5 Å². The minimum atomic E-state index is -3.67. The summed E-state index contributed by atoms with van der Waals surface area (Å²) in [5.41, 5.74) is 6.41. The first kappa shape index (κ1) is 14.4. The summed E-state index contributed by atoms with van der Waals surface area (Å²) in [6, 6.07) is 9.74. The molecule has 3 N–H and O–H groups in total. The van der Waals surface area contributed by atoms with Crippen LogP contribution in [0.1, 0.15) is 17.4 Å². The van der Waals surface area contributed by atoms with Gasteiger partial charge in [-0.3, -0.25) is 4.72 Å². The van der Waals surface area contributed by atoms with Crippen LogP contribution in [0.3, 0.4) is 0 Å². The Balaban J connectivity index is 2.36. The molecule has 1 aromatic heterocycles. The van der Waals surface area contributed by atoms with Gasteiger partial charge in [0.25, 0.3) is 10.0 Å². The molecule has 0 amide bonds. The Hall–Kier alpha value is -2.04. The lowest BCUT2D eigenvalue weighted by molar-refractivity contribution is 0.603. The molecule has 2 aromatic rings. The number of aryl methyl sites for hydroxylation is 1. The molecule has 104 valence electrons. The highest BCUT2D eigenvalue weighted by Gasteiger charge is 2.18. The number of hydrogen-bond donors (Lipinski definition) is 2. The quantitative estimate of drug-likeness (QED) is 0.848. The smallest absolute Gasteiger partial charge is 0.271 e. The van der Waals surface area contributed by atoms with Crippen molar-refractivity contribution in [3.05, 3.63) is 40.8 Å². The fraction of sp³-hybridized carbons (Fsp3) is 0.154. The van der Waals surface area contributed by atoms with Gasteiger partial charge in [-0.1, -0.05) is 6.92 Å². The topological polar surface area (TPSA) is 96.0 Å². The van der Waals surface area contributed by atoms with E-state index in [2.05, 4.69) is 4.72 Å². The second-order valence-corrected chi connectivity index (χ2v) is 7.17. The average molecular weight is 307 g/mol. The summed E-state index contributed by atoms with van der Waals surface area (Å²) in [5, 5.41) is 9.01. The lowest BCUT2D eigenvalue weighted by Crippen LogP contribution is -2.12. The molecule has 7 heteroatoms. The Labute approximate surface area is 121 Å². The standard InChI is InChI=1S/C13H13N3O2S2/c1-2-11-4-6-13(19-11)20(17,18)16-12-5-3-10(15)7-9(12)8-14/h3-7,16H,2,15H2,1H3. The predicted molar refractivity (Wildman–Crippen MR) is 80.1 cm³/mol. The van der Waals surface area contributed by atoms with Crippen LogP contribution in [0.15, 0.2) is 34.5 Å². The highest BCUT2D eigenvalue weighted by molar-refractivity contribution is 7.94. The van der Waals surface area contributed by atoms with Crippen LogP contribution in [0.4, 0.5) is 11.4 Å². The number of hydrogen-bond acceptors (Lipinski definition) is 5. The number of sulfonamides is 1. The van der Waals surface area contributed by atoms with E-state index in [1.54, 1.807) is 18.2 Å². The first-order valence-corrected chi connectivity index (χ1v) is 8.17. The minimum Gasteiger partial charge on any atom is -0.399 e. The van der Waals surface area contributed by atoms with Gasteiger partial charge in [-0.25, -0.2) is 8.42 Å². The molecule has 0 radical (unpaired) electrons. The van der Waals surface area contributed by atoms with Crippen molar-refractivity contribution in [2.24, 2.45) is 0 Å². The van der Waals surface area contributed by atoms with Crippen molar-refractivity contribution in [2.45, 2.75) is 17.6 Å². The summed E-state index contributed by atoms with van der Waals surface area (Å²) in [5.74, 6) is 0. The van der Waals surface area contributed by atoms with E-state index >= 15 is 0 Å². The van der Waals surface area contributed by atoms with E-state index in [9.17, 15) is 8.42 Å². The summed E-state index contributed by atoms with van der Waals surface area (Å²) < 4.78 is 27.1. The van der Waals surface area contributed by atoms with Crippen molar-refractivity contribution in [1.29, 1.82) is 5.26 Å². The summed E-state index contributed by atoms with van der Waals surface area (Å²) in [7, 11) is -3.67. The molecule has 0 saturated heterocycles. The monoisotopic (exact) mass is 307 g/mol. The van der Waals surface area contributed by atoms with E-state index in [0.717, 1.165) is 11.3 Å². The molecule has 0 saturated carbocycles. The van der Waals surface area contributed by atoms with Crippen LogP contribution in [0.25, 0.3) is 0 Å². The first-order chi connectivity index (χ1) is 9.46. The Morgan fingerprint density at radius 2 is 2.10 bits per heavy atom. The third kappa shape index (κ3) is 2.92. The second kappa shape index (κ2) is 5.53. The molecule has 0 unspecified atom stereocenters. The van der Waals surface area contributed by atoms with Gasteiger partial charge in [-0.05, 0) is 36.8 Å². The largest absolute Gasteiger partial charge is 0.399 e.